The Bertz CT molecular complexity index is 410. The van der Waals surface area contributed by atoms with Gasteiger partial charge in [-0.3, -0.25) is 0 Å². The highest BCUT2D eigenvalue weighted by Gasteiger charge is 2.36. The van der Waals surface area contributed by atoms with Gasteiger partial charge in [-0.05, 0) is 19.8 Å². The smallest absolute Gasteiger partial charge is 0.485 e. The molecule has 0 saturated heterocycles. The van der Waals surface area contributed by atoms with Gasteiger partial charge in [0.15, 0.2) is 10.1 Å². The molecule has 0 radical (unpaired) electrons. The highest BCUT2D eigenvalue weighted by molar-refractivity contribution is 7.86. The maximum Gasteiger partial charge on any atom is 0.485 e. The van der Waals surface area contributed by atoms with E-state index >= 15 is 0 Å². The normalized spacial score (nSPS) is 12.6. The highest BCUT2D eigenvalue weighted by atomic mass is 32.2. The molecule has 0 aromatic heterocycles. The SMILES string of the molecule is CCCCCCCC[N+](CC)(CCO)CCO.O=S(=O)([O-])C(F)(F)F. The van der Waals surface area contributed by atoms with Crippen molar-refractivity contribution in [2.45, 2.75) is 57.9 Å². The standard InChI is InChI=1S/C14H32NO2.CHF3O3S/c1-3-5-6-7-8-9-10-15(4-2,11-13-16)12-14-17;2-1(3,4)8(5,6)7/h16-17H,3-14H2,1-2H3;(H,5,6,7)/q+1;/p-1. The quantitative estimate of drug-likeness (QED) is 0.229. The molecule has 0 aromatic rings. The Kier molecular flexibility index (Phi) is 14.7. The summed E-state index contributed by atoms with van der Waals surface area (Å²) in [7, 11) is -6.09. The number of unbranched alkanes of at least 4 members (excludes halogenated alkanes) is 5. The summed E-state index contributed by atoms with van der Waals surface area (Å²) in [6, 6.07) is 0. The number of alkyl halides is 3. The maximum atomic E-state index is 10.7. The summed E-state index contributed by atoms with van der Waals surface area (Å²) >= 11 is 0. The lowest BCUT2D eigenvalue weighted by Crippen LogP contribution is -2.52. The van der Waals surface area contributed by atoms with E-state index in [1.165, 1.54) is 38.5 Å². The second-order valence-electron chi connectivity index (χ2n) is 5.94. The van der Waals surface area contributed by atoms with E-state index < -0.39 is 15.6 Å². The van der Waals surface area contributed by atoms with Gasteiger partial charge in [-0.1, -0.05) is 32.6 Å². The fourth-order valence-corrected chi connectivity index (χ4v) is 2.46. The molecule has 0 aliphatic rings. The molecule has 0 spiro atoms. The number of aliphatic hydroxyl groups is 2. The molecule has 0 unspecified atom stereocenters. The number of rotatable bonds is 12. The molecule has 0 bridgehead atoms. The summed E-state index contributed by atoms with van der Waals surface area (Å²) in [6.07, 6.45) is 7.83. The van der Waals surface area contributed by atoms with Crippen LogP contribution in [0.1, 0.15) is 52.4 Å². The number of halogens is 3. The Labute approximate surface area is 149 Å². The number of likely N-dealkylation sites (N-methyl/N-ethyl adjacent to an activating group) is 1. The molecule has 2 N–H and O–H groups in total. The van der Waals surface area contributed by atoms with E-state index in [-0.39, 0.29) is 13.2 Å². The van der Waals surface area contributed by atoms with Crippen LogP contribution in [-0.2, 0) is 10.1 Å². The largest absolute Gasteiger partial charge is 0.741 e. The first kappa shape index (κ1) is 26.8. The fourth-order valence-electron chi connectivity index (χ4n) is 2.46. The van der Waals surface area contributed by atoms with Gasteiger partial charge in [0.25, 0.3) is 0 Å². The van der Waals surface area contributed by atoms with Gasteiger partial charge in [0.05, 0.1) is 26.3 Å². The molecule has 0 fully saturated rings. The van der Waals surface area contributed by atoms with Gasteiger partial charge in [0.2, 0.25) is 0 Å². The molecule has 154 valence electrons. The number of hydrogen-bond donors (Lipinski definition) is 2. The summed E-state index contributed by atoms with van der Waals surface area (Å²) in [5, 5.41) is 18.3. The molecule has 0 aliphatic carbocycles. The van der Waals surface area contributed by atoms with E-state index in [2.05, 4.69) is 13.8 Å². The monoisotopic (exact) mass is 395 g/mol. The van der Waals surface area contributed by atoms with Gasteiger partial charge in [-0.25, -0.2) is 8.42 Å². The van der Waals surface area contributed by atoms with Gasteiger partial charge in [0, 0.05) is 0 Å². The Balaban J connectivity index is 0. The Morgan fingerprint density at radius 3 is 1.60 bits per heavy atom. The van der Waals surface area contributed by atoms with Crippen LogP contribution in [0.15, 0.2) is 0 Å². The van der Waals surface area contributed by atoms with Crippen LogP contribution in [0.3, 0.4) is 0 Å². The molecule has 0 saturated carbocycles. The van der Waals surface area contributed by atoms with Crippen molar-refractivity contribution < 1.29 is 40.8 Å². The zero-order valence-corrected chi connectivity index (χ0v) is 15.9. The van der Waals surface area contributed by atoms with Crippen LogP contribution in [0.4, 0.5) is 13.2 Å². The van der Waals surface area contributed by atoms with Crippen molar-refractivity contribution in [3.63, 3.8) is 0 Å². The summed E-state index contributed by atoms with van der Waals surface area (Å²) in [4.78, 5) is 0. The van der Waals surface area contributed by atoms with Crippen LogP contribution in [0, 0.1) is 0 Å². The summed E-state index contributed by atoms with van der Waals surface area (Å²) in [5.41, 5.74) is -5.65. The van der Waals surface area contributed by atoms with Crippen molar-refractivity contribution in [3.05, 3.63) is 0 Å². The van der Waals surface area contributed by atoms with Crippen molar-refractivity contribution in [2.24, 2.45) is 0 Å². The van der Waals surface area contributed by atoms with E-state index in [0.717, 1.165) is 30.7 Å². The van der Waals surface area contributed by atoms with Crippen LogP contribution in [0.2, 0.25) is 0 Å². The Morgan fingerprint density at radius 2 is 1.28 bits per heavy atom. The molecular weight excluding hydrogens is 363 g/mol. The van der Waals surface area contributed by atoms with E-state index in [1.54, 1.807) is 0 Å². The predicted molar refractivity (Wildman–Crippen MR) is 88.7 cm³/mol. The third kappa shape index (κ3) is 13.4. The number of aliphatic hydroxyl groups excluding tert-OH is 2. The van der Waals surface area contributed by atoms with Crippen LogP contribution in [0.25, 0.3) is 0 Å². The first-order valence-electron chi connectivity index (χ1n) is 8.58. The Hall–Kier alpha value is -0.420. The van der Waals surface area contributed by atoms with Gasteiger partial charge in [0.1, 0.15) is 13.1 Å². The van der Waals surface area contributed by atoms with Gasteiger partial charge in [-0.15, -0.1) is 0 Å². The molecular formula is C15H32F3NO5S. The third-order valence-electron chi connectivity index (χ3n) is 4.09. The van der Waals surface area contributed by atoms with Crippen molar-refractivity contribution in [2.75, 3.05) is 39.4 Å². The van der Waals surface area contributed by atoms with Crippen LogP contribution >= 0.6 is 0 Å². The van der Waals surface area contributed by atoms with Crippen molar-refractivity contribution in [1.82, 2.24) is 0 Å². The summed E-state index contributed by atoms with van der Waals surface area (Å²) in [6.45, 7) is 8.52. The first-order valence-corrected chi connectivity index (χ1v) is 9.99. The fraction of sp³-hybridized carbons (Fsp3) is 1.00. The summed E-state index contributed by atoms with van der Waals surface area (Å²) in [5.74, 6) is 0. The minimum Gasteiger partial charge on any atom is -0.741 e. The molecule has 10 heteroatoms. The topological polar surface area (TPSA) is 97.7 Å². The third-order valence-corrected chi connectivity index (χ3v) is 4.66. The molecule has 6 nitrogen and oxygen atoms in total. The van der Waals surface area contributed by atoms with Gasteiger partial charge in [-0.2, -0.15) is 13.2 Å². The highest BCUT2D eigenvalue weighted by Crippen LogP contribution is 2.20. The second-order valence-corrected chi connectivity index (χ2v) is 7.31. The molecule has 0 heterocycles. The van der Waals surface area contributed by atoms with Gasteiger partial charge >= 0.3 is 5.51 Å². The first-order chi connectivity index (χ1) is 11.5. The van der Waals surface area contributed by atoms with Gasteiger partial charge < -0.3 is 19.2 Å². The zero-order valence-electron chi connectivity index (χ0n) is 15.1. The second kappa shape index (κ2) is 13.7. The van der Waals surface area contributed by atoms with Crippen LogP contribution < -0.4 is 0 Å². The number of hydrogen-bond acceptors (Lipinski definition) is 5. The molecule has 0 rings (SSSR count). The molecule has 0 atom stereocenters. The summed E-state index contributed by atoms with van der Waals surface area (Å²) < 4.78 is 59.8. The van der Waals surface area contributed by atoms with Crippen molar-refractivity contribution >= 4 is 10.1 Å². The maximum absolute atomic E-state index is 10.7. The van der Waals surface area contributed by atoms with E-state index in [9.17, 15) is 13.2 Å². The average Bonchev–Trinajstić information content (AvgIpc) is 2.49. The lowest BCUT2D eigenvalue weighted by Gasteiger charge is -2.37. The van der Waals surface area contributed by atoms with Crippen LogP contribution in [0.5, 0.6) is 0 Å². The number of nitrogens with zero attached hydrogens (tertiary/aromatic N) is 1. The molecule has 25 heavy (non-hydrogen) atoms. The average molecular weight is 395 g/mol. The van der Waals surface area contributed by atoms with E-state index in [4.69, 9.17) is 23.2 Å². The predicted octanol–water partition coefficient (Wildman–Crippen LogP) is 2.22. The van der Waals surface area contributed by atoms with Crippen LogP contribution in [-0.4, -0.2) is 72.6 Å². The minimum atomic E-state index is -6.09. The van der Waals surface area contributed by atoms with E-state index in [1.807, 2.05) is 0 Å². The lowest BCUT2D eigenvalue weighted by molar-refractivity contribution is -0.927. The lowest BCUT2D eigenvalue weighted by atomic mass is 10.1. The Morgan fingerprint density at radius 1 is 0.880 bits per heavy atom. The zero-order chi connectivity index (χ0) is 20.0. The molecule has 0 aliphatic heterocycles. The van der Waals surface area contributed by atoms with E-state index in [0.29, 0.717) is 0 Å². The molecule has 0 aromatic carbocycles. The van der Waals surface area contributed by atoms with Crippen molar-refractivity contribution in [3.8, 4) is 0 Å². The number of quaternary nitrogens is 1. The minimum absolute atomic E-state index is 0.226. The molecule has 0 amide bonds. The van der Waals surface area contributed by atoms with Crippen molar-refractivity contribution in [1.29, 1.82) is 0 Å².